The molecule has 52 heavy (non-hydrogen) atoms. The van der Waals surface area contributed by atoms with Gasteiger partial charge in [-0.25, -0.2) is 9.97 Å². The Morgan fingerprint density at radius 1 is 0.404 bits per heavy atom. The van der Waals surface area contributed by atoms with Gasteiger partial charge in [0.15, 0.2) is 11.5 Å². The highest BCUT2D eigenvalue weighted by molar-refractivity contribution is 6.20. The number of hydrogen-bond acceptors (Lipinski definition) is 6. The van der Waals surface area contributed by atoms with E-state index in [-0.39, 0.29) is 44.8 Å². The van der Waals surface area contributed by atoms with Crippen molar-refractivity contribution in [3.05, 3.63) is 165 Å². The number of aliphatic hydroxyl groups is 2. The highest BCUT2D eigenvalue weighted by atomic mass is 16.3. The smallest absolute Gasteiger partial charge is 0.212 e. The molecule has 10 rings (SSSR count). The van der Waals surface area contributed by atoms with Crippen LogP contribution >= 0.6 is 0 Å². The zero-order chi connectivity index (χ0) is 35.1. The zero-order valence-corrected chi connectivity index (χ0v) is 27.3. The van der Waals surface area contributed by atoms with Crippen LogP contribution in [0.5, 0.6) is 0 Å². The summed E-state index contributed by atoms with van der Waals surface area (Å²) in [7, 11) is 0. The average molecular weight is 675 g/mol. The summed E-state index contributed by atoms with van der Waals surface area (Å²) < 4.78 is 0. The van der Waals surface area contributed by atoms with Gasteiger partial charge in [-0.1, -0.05) is 109 Å². The van der Waals surface area contributed by atoms with Crippen molar-refractivity contribution in [2.24, 2.45) is 0 Å². The van der Waals surface area contributed by atoms with Crippen molar-refractivity contribution in [1.29, 1.82) is 0 Å². The van der Waals surface area contributed by atoms with E-state index in [1.54, 1.807) is 12.1 Å². The van der Waals surface area contributed by atoms with Crippen molar-refractivity contribution >= 4 is 76.9 Å². The second-order valence-electron chi connectivity index (χ2n) is 12.9. The molecule has 0 unspecified atom stereocenters. The first-order chi connectivity index (χ1) is 25.5. The maximum Gasteiger partial charge on any atom is 0.212 e. The summed E-state index contributed by atoms with van der Waals surface area (Å²) in [6.07, 6.45) is 0. The van der Waals surface area contributed by atoms with Crippen molar-refractivity contribution in [2.75, 3.05) is 0 Å². The van der Waals surface area contributed by atoms with Gasteiger partial charge >= 0.3 is 0 Å². The van der Waals surface area contributed by atoms with Gasteiger partial charge in [0.1, 0.15) is 22.4 Å². The third-order valence-electron chi connectivity index (χ3n) is 9.95. The van der Waals surface area contributed by atoms with Crippen LogP contribution in [0, 0.1) is 0 Å². The molecule has 0 fully saturated rings. The lowest BCUT2D eigenvalue weighted by Crippen LogP contribution is -1.99. The highest BCUT2D eigenvalue weighted by Gasteiger charge is 2.27. The van der Waals surface area contributed by atoms with Crippen LogP contribution in [-0.2, 0) is 0 Å². The number of nitrogens with zero attached hydrogens (tertiary/aromatic N) is 2. The fraction of sp³-hybridized carbons (Fsp3) is 0. The zero-order valence-electron chi connectivity index (χ0n) is 27.3. The molecule has 9 aromatic rings. The minimum Gasteiger partial charge on any atom is -0.503 e. The number of rotatable bonds is 2. The monoisotopic (exact) mass is 674 g/mol. The minimum absolute atomic E-state index is 0.147. The van der Waals surface area contributed by atoms with Crippen molar-refractivity contribution in [2.45, 2.75) is 0 Å². The van der Waals surface area contributed by atoms with Gasteiger partial charge in [-0.3, -0.25) is 9.59 Å². The molecule has 246 valence electrons. The number of benzene rings is 4. The van der Waals surface area contributed by atoms with Crippen LogP contribution in [0.25, 0.3) is 99.2 Å². The van der Waals surface area contributed by atoms with Gasteiger partial charge in [0.25, 0.3) is 0 Å². The molecule has 0 radical (unpaired) electrons. The predicted molar refractivity (Wildman–Crippen MR) is 209 cm³/mol. The fourth-order valence-corrected chi connectivity index (χ4v) is 7.62. The summed E-state index contributed by atoms with van der Waals surface area (Å²) >= 11 is 0. The number of H-pyrrole nitrogens is 2. The number of nitrogens with one attached hydrogen (secondary N) is 2. The Morgan fingerprint density at radius 2 is 0.769 bits per heavy atom. The summed E-state index contributed by atoms with van der Waals surface area (Å²) in [5.41, 5.74) is 5.00. The molecule has 0 saturated heterocycles. The Hall–Kier alpha value is -7.32. The van der Waals surface area contributed by atoms with Crippen LogP contribution in [0.3, 0.4) is 0 Å². The first-order valence-corrected chi connectivity index (χ1v) is 16.8. The molecule has 0 saturated carbocycles. The molecule has 0 amide bonds. The number of aliphatic hydroxyl groups excluding tert-OH is 2. The van der Waals surface area contributed by atoms with Crippen molar-refractivity contribution < 1.29 is 10.2 Å². The van der Waals surface area contributed by atoms with E-state index < -0.39 is 0 Å². The van der Waals surface area contributed by atoms with Gasteiger partial charge in [0.2, 0.25) is 10.9 Å². The second kappa shape index (κ2) is 11.1. The van der Waals surface area contributed by atoms with E-state index >= 15 is 0 Å². The number of hydrogen-bond donors (Lipinski definition) is 4. The third-order valence-corrected chi connectivity index (χ3v) is 9.95. The van der Waals surface area contributed by atoms with E-state index in [1.807, 2.05) is 121 Å². The van der Waals surface area contributed by atoms with E-state index in [0.29, 0.717) is 65.5 Å². The molecule has 8 heteroatoms. The third kappa shape index (κ3) is 4.21. The Bertz CT molecular complexity index is 3030. The summed E-state index contributed by atoms with van der Waals surface area (Å²) in [4.78, 5) is 45.5. The number of aromatic amines is 2. The van der Waals surface area contributed by atoms with E-state index in [9.17, 15) is 19.8 Å². The van der Waals surface area contributed by atoms with Crippen molar-refractivity contribution in [3.8, 4) is 22.3 Å². The standard InChI is InChI=1S/C44H26N4O4/c49-41-27-17-9-7-15-25(27)35-31-21-19-29(45-31)33(23-11-3-1-4-12-23)37-43(51)44(52)38(47-37)34(24-13-5-2-6-14-24)30-20-22-32(46-30)36-26-16-8-10-18-28(26)42(50)40(36)48-39(35)41/h1-22,45-46,51-52H. The van der Waals surface area contributed by atoms with E-state index in [1.165, 1.54) is 0 Å². The van der Waals surface area contributed by atoms with Gasteiger partial charge in [-0.05, 0) is 46.2 Å². The largest absolute Gasteiger partial charge is 0.503 e. The molecule has 6 aromatic carbocycles. The SMILES string of the molecule is O=c1c2ccccc2c2c3ccc([nH]3)c(-c3ccccc3)c3nc(c(-c4ccccc4)c4ccc([nH]4)c4c(nc12)c(=O)c1ccccc14)C(O)=C3O. The van der Waals surface area contributed by atoms with Gasteiger partial charge in [0, 0.05) is 54.7 Å². The molecule has 8 nitrogen and oxygen atoms in total. The Labute approximate surface area is 294 Å². The second-order valence-corrected chi connectivity index (χ2v) is 12.9. The quantitative estimate of drug-likeness (QED) is 0.144. The molecular formula is C44H26N4O4. The summed E-state index contributed by atoms with van der Waals surface area (Å²) in [6, 6.07) is 41.1. The van der Waals surface area contributed by atoms with Crippen LogP contribution in [-0.4, -0.2) is 30.1 Å². The lowest BCUT2D eigenvalue weighted by molar-refractivity contribution is 0.464. The summed E-state index contributed by atoms with van der Waals surface area (Å²) in [5.74, 6) is -0.739. The molecule has 4 heterocycles. The van der Waals surface area contributed by atoms with Gasteiger partial charge in [-0.2, -0.15) is 0 Å². The van der Waals surface area contributed by atoms with Crippen LogP contribution in [0.15, 0.2) is 143 Å². The van der Waals surface area contributed by atoms with Crippen LogP contribution in [0.2, 0.25) is 0 Å². The van der Waals surface area contributed by atoms with Crippen LogP contribution in [0.1, 0.15) is 11.4 Å². The predicted octanol–water partition coefficient (Wildman–Crippen LogP) is 9.49. The number of fused-ring (bicyclic) bond motifs is 14. The topological polar surface area (TPSA) is 132 Å². The van der Waals surface area contributed by atoms with Crippen LogP contribution in [0.4, 0.5) is 0 Å². The lowest BCUT2D eigenvalue weighted by atomic mass is 10.0. The maximum absolute atomic E-state index is 14.2. The average Bonchev–Trinajstić information content (AvgIpc) is 4.00. The van der Waals surface area contributed by atoms with Gasteiger partial charge in [-0.15, -0.1) is 0 Å². The number of aromatic nitrogens is 4. The molecule has 1 aliphatic rings. The summed E-state index contributed by atoms with van der Waals surface area (Å²) in [6.45, 7) is 0. The lowest BCUT2D eigenvalue weighted by Gasteiger charge is -2.05. The van der Waals surface area contributed by atoms with Crippen molar-refractivity contribution in [3.63, 3.8) is 0 Å². The molecule has 0 spiro atoms. The highest BCUT2D eigenvalue weighted by Crippen LogP contribution is 2.40. The van der Waals surface area contributed by atoms with Crippen molar-refractivity contribution in [1.82, 2.24) is 19.9 Å². The first-order valence-electron chi connectivity index (χ1n) is 16.8. The van der Waals surface area contributed by atoms with Gasteiger partial charge < -0.3 is 20.2 Å². The Balaban J connectivity index is 1.53. The fourth-order valence-electron chi connectivity index (χ4n) is 7.62. The maximum atomic E-state index is 14.2. The molecule has 3 aromatic heterocycles. The normalized spacial score (nSPS) is 12.5. The minimum atomic E-state index is -0.369. The van der Waals surface area contributed by atoms with E-state index in [0.717, 1.165) is 11.1 Å². The molecule has 6 bridgehead atoms. The molecule has 4 N–H and O–H groups in total. The first kappa shape index (κ1) is 29.6. The Kier molecular flexibility index (Phi) is 6.31. The molecule has 0 atom stereocenters. The van der Waals surface area contributed by atoms with Gasteiger partial charge in [0.05, 0.1) is 0 Å². The Morgan fingerprint density at radius 3 is 1.19 bits per heavy atom. The van der Waals surface area contributed by atoms with E-state index in [4.69, 9.17) is 9.97 Å². The van der Waals surface area contributed by atoms with Crippen LogP contribution < -0.4 is 10.9 Å². The molecule has 0 aliphatic carbocycles. The molecular weight excluding hydrogens is 649 g/mol. The van der Waals surface area contributed by atoms with E-state index in [2.05, 4.69) is 9.97 Å². The molecule has 1 aliphatic heterocycles. The summed E-state index contributed by atoms with van der Waals surface area (Å²) in [5, 5.41) is 26.9.